The van der Waals surface area contributed by atoms with Crippen LogP contribution in [0.1, 0.15) is 41.8 Å². The van der Waals surface area contributed by atoms with Gasteiger partial charge in [0.2, 0.25) is 0 Å². The zero-order valence-corrected chi connectivity index (χ0v) is 13.9. The molecule has 0 aliphatic heterocycles. The van der Waals surface area contributed by atoms with Gasteiger partial charge < -0.3 is 4.90 Å². The Hall–Kier alpha value is -2.35. The molecule has 1 aliphatic rings. The van der Waals surface area contributed by atoms with E-state index in [0.717, 1.165) is 42.6 Å². The lowest BCUT2D eigenvalue weighted by Gasteiger charge is -2.21. The van der Waals surface area contributed by atoms with Gasteiger partial charge in [0.1, 0.15) is 0 Å². The first kappa shape index (κ1) is 15.5. The van der Waals surface area contributed by atoms with E-state index < -0.39 is 0 Å². The fourth-order valence-electron chi connectivity index (χ4n) is 3.22. The van der Waals surface area contributed by atoms with Crippen LogP contribution in [0.3, 0.4) is 0 Å². The second-order valence-electron chi connectivity index (χ2n) is 5.92. The Balaban J connectivity index is 1.84. The highest BCUT2D eigenvalue weighted by atomic mass is 16.1. The maximum absolute atomic E-state index is 12.6. The van der Waals surface area contributed by atoms with Crippen molar-refractivity contribution in [3.63, 3.8) is 0 Å². The molecule has 2 aromatic carbocycles. The van der Waals surface area contributed by atoms with Crippen molar-refractivity contribution in [3.8, 4) is 0 Å². The molecule has 0 N–H and O–H groups in total. The zero-order valence-electron chi connectivity index (χ0n) is 13.9. The van der Waals surface area contributed by atoms with Gasteiger partial charge in [-0.25, -0.2) is 0 Å². The molecule has 2 heteroatoms. The number of aryl methyl sites for hydroxylation is 1. The third-order valence-electron chi connectivity index (χ3n) is 4.58. The molecular formula is C21H23NO. The Morgan fingerprint density at radius 1 is 0.957 bits per heavy atom. The number of ketones is 1. The van der Waals surface area contributed by atoms with Crippen LogP contribution in [0.5, 0.6) is 0 Å². The lowest BCUT2D eigenvalue weighted by atomic mass is 9.86. The molecule has 0 bridgehead atoms. The maximum atomic E-state index is 12.6. The molecule has 1 aliphatic carbocycles. The predicted octanol–water partition coefficient (Wildman–Crippen LogP) is 4.75. The van der Waals surface area contributed by atoms with Crippen molar-refractivity contribution < 1.29 is 4.79 Å². The van der Waals surface area contributed by atoms with E-state index in [1.54, 1.807) is 0 Å². The Bertz CT molecular complexity index is 724. The largest absolute Gasteiger partial charge is 0.372 e. The number of Topliss-reactive ketones (excluding diaryl/α,β-unsaturated/α-hetero) is 1. The molecule has 0 fully saturated rings. The van der Waals surface area contributed by atoms with Gasteiger partial charge in [-0.2, -0.15) is 0 Å². The quantitative estimate of drug-likeness (QED) is 0.760. The summed E-state index contributed by atoms with van der Waals surface area (Å²) in [4.78, 5) is 14.9. The van der Waals surface area contributed by atoms with Crippen LogP contribution < -0.4 is 4.90 Å². The summed E-state index contributed by atoms with van der Waals surface area (Å²) in [5.41, 5.74) is 5.29. The van der Waals surface area contributed by atoms with Gasteiger partial charge in [0, 0.05) is 29.9 Å². The second kappa shape index (κ2) is 6.82. The molecule has 0 saturated carbocycles. The van der Waals surface area contributed by atoms with Crippen LogP contribution in [-0.2, 0) is 6.42 Å². The molecular weight excluding hydrogens is 282 g/mol. The molecule has 0 atom stereocenters. The normalized spacial score (nSPS) is 15.6. The van der Waals surface area contributed by atoms with Gasteiger partial charge in [0.05, 0.1) is 0 Å². The van der Waals surface area contributed by atoms with Crippen molar-refractivity contribution >= 4 is 17.5 Å². The first-order valence-corrected chi connectivity index (χ1v) is 8.41. The van der Waals surface area contributed by atoms with Gasteiger partial charge in [-0.15, -0.1) is 0 Å². The number of carbonyl (C=O) groups excluding carboxylic acids is 1. The average Bonchev–Trinajstić information content (AvgIpc) is 2.60. The molecule has 0 radical (unpaired) electrons. The number of hydrogen-bond acceptors (Lipinski definition) is 2. The minimum absolute atomic E-state index is 0.180. The molecule has 2 aromatic rings. The number of rotatable bonds is 4. The highest BCUT2D eigenvalue weighted by Gasteiger charge is 2.20. The summed E-state index contributed by atoms with van der Waals surface area (Å²) < 4.78 is 0. The van der Waals surface area contributed by atoms with Gasteiger partial charge in [-0.1, -0.05) is 36.4 Å². The van der Waals surface area contributed by atoms with Crippen molar-refractivity contribution in [2.24, 2.45) is 0 Å². The van der Waals surface area contributed by atoms with Gasteiger partial charge in [-0.05, 0) is 56.0 Å². The van der Waals surface area contributed by atoms with Gasteiger partial charge in [0.15, 0.2) is 5.78 Å². The molecule has 3 rings (SSSR count). The van der Waals surface area contributed by atoms with E-state index >= 15 is 0 Å². The minimum atomic E-state index is 0.180. The molecule has 0 heterocycles. The third-order valence-corrected chi connectivity index (χ3v) is 4.58. The van der Waals surface area contributed by atoms with E-state index in [-0.39, 0.29) is 5.78 Å². The van der Waals surface area contributed by atoms with Crippen molar-refractivity contribution in [1.29, 1.82) is 0 Å². The molecule has 0 spiro atoms. The SMILES string of the molecule is CCN(CC)c1ccc(/C=C2\CCc3ccccc3C2=O)cc1. The summed E-state index contributed by atoms with van der Waals surface area (Å²) in [6, 6.07) is 16.4. The standard InChI is InChI=1S/C21H23NO/c1-3-22(4-2)19-13-9-16(10-14-19)15-18-12-11-17-7-5-6-8-20(17)21(18)23/h5-10,13-15H,3-4,11-12H2,1-2H3/b18-15+. The van der Waals surface area contributed by atoms with E-state index in [1.807, 2.05) is 24.3 Å². The van der Waals surface area contributed by atoms with Crippen molar-refractivity contribution in [3.05, 3.63) is 70.8 Å². The zero-order chi connectivity index (χ0) is 16.2. The first-order chi connectivity index (χ1) is 11.2. The Kier molecular flexibility index (Phi) is 4.61. The average molecular weight is 305 g/mol. The summed E-state index contributed by atoms with van der Waals surface area (Å²) in [6.45, 7) is 6.34. The van der Waals surface area contributed by atoms with Crippen LogP contribution in [-0.4, -0.2) is 18.9 Å². The van der Waals surface area contributed by atoms with Gasteiger partial charge in [-0.3, -0.25) is 4.79 Å². The lowest BCUT2D eigenvalue weighted by Crippen LogP contribution is -2.21. The summed E-state index contributed by atoms with van der Waals surface area (Å²) in [7, 11) is 0. The molecule has 2 nitrogen and oxygen atoms in total. The monoisotopic (exact) mass is 305 g/mol. The number of allylic oxidation sites excluding steroid dienone is 1. The Labute approximate surface area is 138 Å². The van der Waals surface area contributed by atoms with Crippen LogP contribution in [0.4, 0.5) is 5.69 Å². The van der Waals surface area contributed by atoms with E-state index in [4.69, 9.17) is 0 Å². The summed E-state index contributed by atoms with van der Waals surface area (Å²) in [5.74, 6) is 0.180. The minimum Gasteiger partial charge on any atom is -0.372 e. The Morgan fingerprint density at radius 3 is 2.35 bits per heavy atom. The van der Waals surface area contributed by atoms with E-state index in [2.05, 4.69) is 49.1 Å². The van der Waals surface area contributed by atoms with Crippen molar-refractivity contribution in [1.82, 2.24) is 0 Å². The van der Waals surface area contributed by atoms with Crippen molar-refractivity contribution in [2.75, 3.05) is 18.0 Å². The fraction of sp³-hybridized carbons (Fsp3) is 0.286. The fourth-order valence-corrected chi connectivity index (χ4v) is 3.22. The van der Waals surface area contributed by atoms with Gasteiger partial charge >= 0.3 is 0 Å². The number of nitrogens with zero attached hydrogens (tertiary/aromatic N) is 1. The molecule has 0 unspecified atom stereocenters. The lowest BCUT2D eigenvalue weighted by molar-refractivity contribution is 0.102. The van der Waals surface area contributed by atoms with Crippen LogP contribution in [0.2, 0.25) is 0 Å². The molecule has 0 saturated heterocycles. The van der Waals surface area contributed by atoms with Crippen LogP contribution in [0.25, 0.3) is 6.08 Å². The van der Waals surface area contributed by atoms with Crippen LogP contribution in [0, 0.1) is 0 Å². The Morgan fingerprint density at radius 2 is 1.65 bits per heavy atom. The smallest absolute Gasteiger partial charge is 0.189 e. The number of hydrogen-bond donors (Lipinski definition) is 0. The van der Waals surface area contributed by atoms with Crippen molar-refractivity contribution in [2.45, 2.75) is 26.7 Å². The number of anilines is 1. The summed E-state index contributed by atoms with van der Waals surface area (Å²) in [5, 5.41) is 0. The first-order valence-electron chi connectivity index (χ1n) is 8.41. The summed E-state index contributed by atoms with van der Waals surface area (Å²) >= 11 is 0. The van der Waals surface area contributed by atoms with Gasteiger partial charge in [0.25, 0.3) is 0 Å². The molecule has 0 amide bonds. The summed E-state index contributed by atoms with van der Waals surface area (Å²) in [6.07, 6.45) is 3.82. The number of carbonyl (C=O) groups is 1. The highest BCUT2D eigenvalue weighted by Crippen LogP contribution is 2.27. The highest BCUT2D eigenvalue weighted by molar-refractivity contribution is 6.13. The molecule has 0 aromatic heterocycles. The molecule has 23 heavy (non-hydrogen) atoms. The topological polar surface area (TPSA) is 20.3 Å². The molecule has 118 valence electrons. The maximum Gasteiger partial charge on any atom is 0.189 e. The number of benzene rings is 2. The van der Waals surface area contributed by atoms with Crippen LogP contribution in [0.15, 0.2) is 54.1 Å². The second-order valence-corrected chi connectivity index (χ2v) is 5.92. The number of fused-ring (bicyclic) bond motifs is 1. The predicted molar refractivity (Wildman–Crippen MR) is 97.1 cm³/mol. The third kappa shape index (κ3) is 3.21. The van der Waals surface area contributed by atoms with E-state index in [1.165, 1.54) is 11.3 Å². The van der Waals surface area contributed by atoms with E-state index in [0.29, 0.717) is 0 Å². The van der Waals surface area contributed by atoms with E-state index in [9.17, 15) is 4.79 Å². The van der Waals surface area contributed by atoms with Crippen LogP contribution >= 0.6 is 0 Å².